The number of ether oxygens (including phenoxy) is 1. The zero-order valence-corrected chi connectivity index (χ0v) is 6.57. The number of terminal acetylenes is 1. The van der Waals surface area contributed by atoms with E-state index in [0.29, 0.717) is 12.8 Å². The fraction of sp³-hybridized carbons (Fsp3) is 0.750. The van der Waals surface area contributed by atoms with Gasteiger partial charge in [-0.05, 0) is 6.42 Å². The summed E-state index contributed by atoms with van der Waals surface area (Å²) in [7, 11) is 0. The topological polar surface area (TPSA) is 9.23 Å². The summed E-state index contributed by atoms with van der Waals surface area (Å²) < 4.78 is 28.9. The highest BCUT2D eigenvalue weighted by Crippen LogP contribution is 2.19. The molecular formula is C8H12F2O. The van der Waals surface area contributed by atoms with E-state index in [1.807, 2.05) is 0 Å². The lowest BCUT2D eigenvalue weighted by Gasteiger charge is -2.13. The second-order valence-electron chi connectivity index (χ2n) is 2.15. The van der Waals surface area contributed by atoms with E-state index in [1.165, 1.54) is 6.92 Å². The van der Waals surface area contributed by atoms with Gasteiger partial charge in [0.15, 0.2) is 0 Å². The Bertz CT molecular complexity index is 138. The summed E-state index contributed by atoms with van der Waals surface area (Å²) in [6, 6.07) is 0. The molecule has 0 rings (SSSR count). The van der Waals surface area contributed by atoms with E-state index in [9.17, 15) is 8.78 Å². The van der Waals surface area contributed by atoms with Gasteiger partial charge in [0.2, 0.25) is 0 Å². The average Bonchev–Trinajstić information content (AvgIpc) is 1.99. The summed E-state index contributed by atoms with van der Waals surface area (Å²) in [6.45, 7) is 1.41. The summed E-state index contributed by atoms with van der Waals surface area (Å²) in [5.41, 5.74) is 0. The number of hydrogen-bond donors (Lipinski definition) is 0. The highest BCUT2D eigenvalue weighted by Gasteiger charge is 2.26. The second kappa shape index (κ2) is 5.09. The van der Waals surface area contributed by atoms with Gasteiger partial charge in [-0.15, -0.1) is 12.3 Å². The molecule has 1 nitrogen and oxygen atoms in total. The molecule has 0 radical (unpaired) electrons. The van der Waals surface area contributed by atoms with Gasteiger partial charge in [-0.3, -0.25) is 0 Å². The SMILES string of the molecule is C#CCCCOC(F)(F)CC. The normalized spacial score (nSPS) is 11.1. The summed E-state index contributed by atoms with van der Waals surface area (Å²) in [4.78, 5) is 0. The van der Waals surface area contributed by atoms with Crippen LogP contribution in [0.1, 0.15) is 26.2 Å². The van der Waals surface area contributed by atoms with Crippen molar-refractivity contribution >= 4 is 0 Å². The molecule has 0 unspecified atom stereocenters. The van der Waals surface area contributed by atoms with Gasteiger partial charge in [-0.1, -0.05) is 6.92 Å². The first-order valence-corrected chi connectivity index (χ1v) is 3.57. The lowest BCUT2D eigenvalue weighted by molar-refractivity contribution is -0.239. The van der Waals surface area contributed by atoms with Crippen LogP contribution >= 0.6 is 0 Å². The van der Waals surface area contributed by atoms with Crippen LogP contribution in [0.5, 0.6) is 0 Å². The van der Waals surface area contributed by atoms with Crippen molar-refractivity contribution in [3.63, 3.8) is 0 Å². The molecule has 0 aliphatic carbocycles. The van der Waals surface area contributed by atoms with Crippen LogP contribution in [0.3, 0.4) is 0 Å². The predicted molar refractivity (Wildman–Crippen MR) is 39.3 cm³/mol. The second-order valence-corrected chi connectivity index (χ2v) is 2.15. The molecule has 0 saturated carbocycles. The molecule has 0 aromatic carbocycles. The molecule has 3 heteroatoms. The number of hydrogen-bond acceptors (Lipinski definition) is 1. The molecule has 0 heterocycles. The molecule has 0 aliphatic rings. The summed E-state index contributed by atoms with van der Waals surface area (Å²) in [5, 5.41) is 0. The van der Waals surface area contributed by atoms with Crippen molar-refractivity contribution in [2.45, 2.75) is 32.3 Å². The Balaban J connectivity index is 3.32. The largest absolute Gasteiger partial charge is 0.355 e. The van der Waals surface area contributed by atoms with E-state index in [1.54, 1.807) is 0 Å². The molecular weight excluding hydrogens is 150 g/mol. The zero-order chi connectivity index (χ0) is 8.74. The minimum atomic E-state index is -2.98. The maximum Gasteiger partial charge on any atom is 0.355 e. The molecule has 0 bridgehead atoms. The van der Waals surface area contributed by atoms with Gasteiger partial charge in [-0.2, -0.15) is 8.78 Å². The lowest BCUT2D eigenvalue weighted by atomic mass is 10.3. The molecule has 0 aliphatic heterocycles. The maximum absolute atomic E-state index is 12.3. The van der Waals surface area contributed by atoms with Crippen molar-refractivity contribution in [2.75, 3.05) is 6.61 Å². The van der Waals surface area contributed by atoms with E-state index < -0.39 is 6.11 Å². The van der Waals surface area contributed by atoms with Gasteiger partial charge in [0, 0.05) is 12.8 Å². The van der Waals surface area contributed by atoms with Crippen molar-refractivity contribution in [1.29, 1.82) is 0 Å². The average molecular weight is 162 g/mol. The minimum absolute atomic E-state index is 0.0328. The van der Waals surface area contributed by atoms with E-state index >= 15 is 0 Å². The molecule has 0 aromatic heterocycles. The van der Waals surface area contributed by atoms with Crippen molar-refractivity contribution < 1.29 is 13.5 Å². The van der Waals surface area contributed by atoms with Gasteiger partial charge >= 0.3 is 6.11 Å². The zero-order valence-electron chi connectivity index (χ0n) is 6.57. The third-order valence-electron chi connectivity index (χ3n) is 1.19. The van der Waals surface area contributed by atoms with Gasteiger partial charge in [0.25, 0.3) is 0 Å². The van der Waals surface area contributed by atoms with E-state index in [4.69, 9.17) is 6.42 Å². The molecule has 0 atom stereocenters. The molecule has 0 spiro atoms. The summed E-state index contributed by atoms with van der Waals surface area (Å²) >= 11 is 0. The molecule has 0 amide bonds. The fourth-order valence-corrected chi connectivity index (χ4v) is 0.498. The van der Waals surface area contributed by atoms with Crippen molar-refractivity contribution in [3.8, 4) is 12.3 Å². The predicted octanol–water partition coefficient (Wildman–Crippen LogP) is 2.42. The van der Waals surface area contributed by atoms with Crippen LogP contribution in [0.2, 0.25) is 0 Å². The van der Waals surface area contributed by atoms with Crippen LogP contribution in [0.4, 0.5) is 8.78 Å². The quantitative estimate of drug-likeness (QED) is 0.445. The van der Waals surface area contributed by atoms with Crippen LogP contribution in [-0.4, -0.2) is 12.7 Å². The minimum Gasteiger partial charge on any atom is -0.320 e. The van der Waals surface area contributed by atoms with E-state index in [2.05, 4.69) is 10.7 Å². The monoisotopic (exact) mass is 162 g/mol. The highest BCUT2D eigenvalue weighted by atomic mass is 19.3. The van der Waals surface area contributed by atoms with Crippen LogP contribution < -0.4 is 0 Å². The van der Waals surface area contributed by atoms with Crippen LogP contribution in [-0.2, 0) is 4.74 Å². The third kappa shape index (κ3) is 5.81. The van der Waals surface area contributed by atoms with Gasteiger partial charge in [-0.25, -0.2) is 0 Å². The molecule has 11 heavy (non-hydrogen) atoms. The Morgan fingerprint density at radius 2 is 2.18 bits per heavy atom. The first kappa shape index (κ1) is 10.4. The number of unbranched alkanes of at least 4 members (excludes halogenated alkanes) is 1. The lowest BCUT2D eigenvalue weighted by Crippen LogP contribution is -2.19. The van der Waals surface area contributed by atoms with Crippen molar-refractivity contribution in [3.05, 3.63) is 0 Å². The Hall–Kier alpha value is -0.620. The first-order valence-electron chi connectivity index (χ1n) is 3.57. The Morgan fingerprint density at radius 3 is 2.64 bits per heavy atom. The Kier molecular flexibility index (Phi) is 4.80. The summed E-state index contributed by atoms with van der Waals surface area (Å²) in [6.07, 6.45) is 2.63. The first-order chi connectivity index (χ1) is 5.12. The van der Waals surface area contributed by atoms with Gasteiger partial charge in [0.05, 0.1) is 6.61 Å². The number of rotatable bonds is 5. The van der Waals surface area contributed by atoms with Crippen LogP contribution in [0.15, 0.2) is 0 Å². The molecule has 0 N–H and O–H groups in total. The molecule has 64 valence electrons. The smallest absolute Gasteiger partial charge is 0.320 e. The van der Waals surface area contributed by atoms with Crippen molar-refractivity contribution in [1.82, 2.24) is 0 Å². The van der Waals surface area contributed by atoms with E-state index in [-0.39, 0.29) is 13.0 Å². The van der Waals surface area contributed by atoms with E-state index in [0.717, 1.165) is 0 Å². The Morgan fingerprint density at radius 1 is 1.55 bits per heavy atom. The third-order valence-corrected chi connectivity index (χ3v) is 1.19. The van der Waals surface area contributed by atoms with Gasteiger partial charge < -0.3 is 4.74 Å². The maximum atomic E-state index is 12.3. The molecule has 0 saturated heterocycles. The molecule has 0 fully saturated rings. The Labute approximate surface area is 65.7 Å². The standard InChI is InChI=1S/C8H12F2O/c1-3-5-6-7-11-8(9,10)4-2/h1H,4-7H2,2H3. The fourth-order valence-electron chi connectivity index (χ4n) is 0.498. The molecule has 0 aromatic rings. The summed E-state index contributed by atoms with van der Waals surface area (Å²) in [5.74, 6) is 2.35. The van der Waals surface area contributed by atoms with Gasteiger partial charge in [0.1, 0.15) is 0 Å². The van der Waals surface area contributed by atoms with Crippen LogP contribution in [0.25, 0.3) is 0 Å². The van der Waals surface area contributed by atoms with Crippen LogP contribution in [0, 0.1) is 12.3 Å². The number of halogens is 2. The highest BCUT2D eigenvalue weighted by molar-refractivity contribution is 4.82. The number of alkyl halides is 2. The van der Waals surface area contributed by atoms with Crippen molar-refractivity contribution in [2.24, 2.45) is 0 Å².